The molecule has 0 N–H and O–H groups in total. The highest BCUT2D eigenvalue weighted by Gasteiger charge is 2.52. The molecule has 5 aromatic carbocycles. The fraction of sp³-hybridized carbons (Fsp3) is 0.231. The number of nitrogens with zero attached hydrogens (tertiary/aromatic N) is 1. The van der Waals surface area contributed by atoms with E-state index in [-0.39, 0.29) is 5.41 Å². The number of hydrogen-bond acceptors (Lipinski definition) is 4. The molecule has 0 saturated carbocycles. The highest BCUT2D eigenvalue weighted by molar-refractivity contribution is 6.62. The molecule has 1 fully saturated rings. The Labute approximate surface area is 259 Å². The Morgan fingerprint density at radius 2 is 1.18 bits per heavy atom. The Hall–Kier alpha value is -4.32. The van der Waals surface area contributed by atoms with Crippen LogP contribution in [-0.2, 0) is 14.7 Å². The molecule has 1 aromatic heterocycles. The molecule has 0 radical (unpaired) electrons. The summed E-state index contributed by atoms with van der Waals surface area (Å²) in [6.45, 7) is 13.0. The first-order valence-electron chi connectivity index (χ1n) is 15.5. The van der Waals surface area contributed by atoms with Crippen LogP contribution in [0.1, 0.15) is 52.7 Å². The molecular formula is C39H36BNO3. The number of hydrogen-bond donors (Lipinski definition) is 0. The van der Waals surface area contributed by atoms with Gasteiger partial charge >= 0.3 is 7.12 Å². The van der Waals surface area contributed by atoms with E-state index in [2.05, 4.69) is 144 Å². The summed E-state index contributed by atoms with van der Waals surface area (Å²) in [4.78, 5) is 2.40. The van der Waals surface area contributed by atoms with E-state index in [1.54, 1.807) is 0 Å². The van der Waals surface area contributed by atoms with Gasteiger partial charge in [0.25, 0.3) is 0 Å². The van der Waals surface area contributed by atoms with Gasteiger partial charge in [-0.25, -0.2) is 0 Å². The van der Waals surface area contributed by atoms with E-state index in [9.17, 15) is 0 Å². The van der Waals surface area contributed by atoms with Crippen LogP contribution in [0.15, 0.2) is 114 Å². The Kier molecular flexibility index (Phi) is 5.79. The van der Waals surface area contributed by atoms with Crippen molar-refractivity contribution in [3.8, 4) is 11.1 Å². The lowest BCUT2D eigenvalue weighted by Crippen LogP contribution is -2.41. The van der Waals surface area contributed by atoms with Crippen LogP contribution in [0.2, 0.25) is 0 Å². The third-order valence-electron chi connectivity index (χ3n) is 10.1. The molecule has 0 atom stereocenters. The zero-order chi connectivity index (χ0) is 30.4. The molecule has 0 bridgehead atoms. The predicted molar refractivity (Wildman–Crippen MR) is 182 cm³/mol. The van der Waals surface area contributed by atoms with Crippen LogP contribution in [0.3, 0.4) is 0 Å². The zero-order valence-corrected chi connectivity index (χ0v) is 26.1. The maximum absolute atomic E-state index is 6.63. The number of benzene rings is 5. The largest absolute Gasteiger partial charge is 0.494 e. The minimum atomic E-state index is -0.514. The van der Waals surface area contributed by atoms with Gasteiger partial charge in [0, 0.05) is 27.4 Å². The number of furan rings is 1. The van der Waals surface area contributed by atoms with E-state index in [1.165, 1.54) is 22.5 Å². The number of fused-ring (bicyclic) bond motifs is 5. The van der Waals surface area contributed by atoms with Gasteiger partial charge in [-0.3, -0.25) is 0 Å². The van der Waals surface area contributed by atoms with Gasteiger partial charge in [0.2, 0.25) is 0 Å². The highest BCUT2D eigenvalue weighted by Crippen LogP contribution is 2.52. The molecule has 8 rings (SSSR count). The third-order valence-corrected chi connectivity index (χ3v) is 10.1. The van der Waals surface area contributed by atoms with Gasteiger partial charge in [-0.15, -0.1) is 0 Å². The topological polar surface area (TPSA) is 34.8 Å². The van der Waals surface area contributed by atoms with Crippen LogP contribution in [0, 0.1) is 0 Å². The van der Waals surface area contributed by atoms with Crippen molar-refractivity contribution < 1.29 is 13.7 Å². The van der Waals surface area contributed by atoms with Crippen LogP contribution in [-0.4, -0.2) is 18.3 Å². The molecule has 0 spiro atoms. The average molecular weight is 578 g/mol. The first-order chi connectivity index (χ1) is 21.0. The Balaban J connectivity index is 1.40. The molecule has 2 aliphatic rings. The standard InChI is InChI=1S/C39H36BNO3/c1-37(2)31-17-8-10-19-33(31)41(34-20-11-9-18-32(34)37)27-23-25(22-26(24-27)40-43-38(3,4)39(5,6)44-40)28-15-13-16-30-29-14-7-12-21-35(29)42-36(28)30/h7-24H,1-6H3. The van der Waals surface area contributed by atoms with E-state index in [1.807, 2.05) is 12.1 Å². The van der Waals surface area contributed by atoms with E-state index >= 15 is 0 Å². The Bertz CT molecular complexity index is 2020. The summed E-state index contributed by atoms with van der Waals surface area (Å²) < 4.78 is 19.8. The molecule has 218 valence electrons. The van der Waals surface area contributed by atoms with Crippen LogP contribution < -0.4 is 10.4 Å². The van der Waals surface area contributed by atoms with Crippen LogP contribution in [0.4, 0.5) is 17.1 Å². The lowest BCUT2D eigenvalue weighted by atomic mass is 9.73. The molecule has 0 amide bonds. The van der Waals surface area contributed by atoms with Crippen molar-refractivity contribution in [3.05, 3.63) is 120 Å². The summed E-state index contributed by atoms with van der Waals surface area (Å²) in [7, 11) is -0.514. The predicted octanol–water partition coefficient (Wildman–Crippen LogP) is 9.66. The SMILES string of the molecule is CC1(C)c2ccccc2N(c2cc(B3OC(C)(C)C(C)(C)O3)cc(-c3cccc4c3oc3ccccc34)c2)c2ccccc21. The summed E-state index contributed by atoms with van der Waals surface area (Å²) in [6.07, 6.45) is 0. The van der Waals surface area contributed by atoms with Crippen molar-refractivity contribution in [2.45, 2.75) is 58.2 Å². The van der Waals surface area contributed by atoms with Crippen molar-refractivity contribution in [1.29, 1.82) is 0 Å². The first-order valence-corrected chi connectivity index (χ1v) is 15.5. The highest BCUT2D eigenvalue weighted by atomic mass is 16.7. The number of para-hydroxylation sites is 4. The smallest absolute Gasteiger partial charge is 0.455 e. The average Bonchev–Trinajstić information content (AvgIpc) is 3.50. The molecule has 3 heterocycles. The van der Waals surface area contributed by atoms with Crippen molar-refractivity contribution in [2.75, 3.05) is 4.90 Å². The number of rotatable bonds is 3. The second-order valence-electron chi connectivity index (χ2n) is 13.7. The summed E-state index contributed by atoms with van der Waals surface area (Å²) in [6, 6.07) is 38.9. The summed E-state index contributed by atoms with van der Waals surface area (Å²) in [5, 5.41) is 2.23. The minimum Gasteiger partial charge on any atom is -0.455 e. The van der Waals surface area contributed by atoms with Crippen LogP contribution >= 0.6 is 0 Å². The monoisotopic (exact) mass is 577 g/mol. The minimum absolute atomic E-state index is 0.143. The molecule has 5 heteroatoms. The van der Waals surface area contributed by atoms with E-state index in [4.69, 9.17) is 13.7 Å². The van der Waals surface area contributed by atoms with Gasteiger partial charge < -0.3 is 18.6 Å². The van der Waals surface area contributed by atoms with Gasteiger partial charge in [-0.05, 0) is 80.2 Å². The molecule has 2 aliphatic heterocycles. The molecule has 1 saturated heterocycles. The van der Waals surface area contributed by atoms with Crippen molar-refractivity contribution in [1.82, 2.24) is 0 Å². The summed E-state index contributed by atoms with van der Waals surface area (Å²) in [5.41, 5.74) is 9.77. The van der Waals surface area contributed by atoms with Gasteiger partial charge in [-0.1, -0.05) is 92.7 Å². The normalized spacial score (nSPS) is 18.0. The second-order valence-corrected chi connectivity index (χ2v) is 13.7. The van der Waals surface area contributed by atoms with Gasteiger partial charge in [-0.2, -0.15) is 0 Å². The number of anilines is 3. The molecule has 4 nitrogen and oxygen atoms in total. The van der Waals surface area contributed by atoms with E-state index in [0.717, 1.165) is 44.2 Å². The van der Waals surface area contributed by atoms with Gasteiger partial charge in [0.1, 0.15) is 11.2 Å². The second kappa shape index (κ2) is 9.34. The molecule has 44 heavy (non-hydrogen) atoms. The fourth-order valence-corrected chi connectivity index (χ4v) is 6.96. The van der Waals surface area contributed by atoms with Crippen molar-refractivity contribution in [2.24, 2.45) is 0 Å². The van der Waals surface area contributed by atoms with E-state index < -0.39 is 18.3 Å². The maximum atomic E-state index is 6.63. The Morgan fingerprint density at radius 1 is 0.591 bits per heavy atom. The van der Waals surface area contributed by atoms with Crippen molar-refractivity contribution >= 4 is 51.6 Å². The molecule has 0 aliphatic carbocycles. The van der Waals surface area contributed by atoms with E-state index in [0.29, 0.717) is 0 Å². The zero-order valence-electron chi connectivity index (χ0n) is 26.1. The first kappa shape index (κ1) is 27.2. The lowest BCUT2D eigenvalue weighted by Gasteiger charge is -2.42. The summed E-state index contributed by atoms with van der Waals surface area (Å²) >= 11 is 0. The van der Waals surface area contributed by atoms with Crippen molar-refractivity contribution in [3.63, 3.8) is 0 Å². The molecular weight excluding hydrogens is 541 g/mol. The Morgan fingerprint density at radius 3 is 1.86 bits per heavy atom. The molecule has 0 unspecified atom stereocenters. The fourth-order valence-electron chi connectivity index (χ4n) is 6.96. The molecule has 6 aromatic rings. The van der Waals surface area contributed by atoms with Crippen LogP contribution in [0.25, 0.3) is 33.1 Å². The van der Waals surface area contributed by atoms with Crippen LogP contribution in [0.5, 0.6) is 0 Å². The summed E-state index contributed by atoms with van der Waals surface area (Å²) in [5.74, 6) is 0. The lowest BCUT2D eigenvalue weighted by molar-refractivity contribution is 0.00578. The quantitative estimate of drug-likeness (QED) is 0.196. The van der Waals surface area contributed by atoms with Gasteiger partial charge in [0.15, 0.2) is 0 Å². The maximum Gasteiger partial charge on any atom is 0.494 e. The third kappa shape index (κ3) is 3.92. The van der Waals surface area contributed by atoms with Gasteiger partial charge in [0.05, 0.1) is 22.6 Å².